The fourth-order valence-corrected chi connectivity index (χ4v) is 1.49. The third-order valence-corrected chi connectivity index (χ3v) is 2.27. The van der Waals surface area contributed by atoms with Gasteiger partial charge in [0.05, 0.1) is 5.02 Å². The molecule has 0 radical (unpaired) electrons. The van der Waals surface area contributed by atoms with E-state index in [1.54, 1.807) is 10.9 Å². The lowest BCUT2D eigenvalue weighted by molar-refractivity contribution is 0.632. The molecule has 6 heteroatoms. The van der Waals surface area contributed by atoms with Gasteiger partial charge in [-0.3, -0.25) is 4.68 Å². The maximum atomic E-state index is 10.7. The molecule has 4 nitrogen and oxygen atoms in total. The molecular formula is C5H8ClN3OS. The molecule has 1 rings (SSSR count). The van der Waals surface area contributed by atoms with Crippen LogP contribution in [0.2, 0.25) is 5.02 Å². The van der Waals surface area contributed by atoms with Gasteiger partial charge in [-0.15, -0.1) is 0 Å². The van der Waals surface area contributed by atoms with Crippen LogP contribution >= 0.6 is 11.6 Å². The molecule has 62 valence electrons. The van der Waals surface area contributed by atoms with Gasteiger partial charge in [0.15, 0.2) is 5.03 Å². The van der Waals surface area contributed by atoms with Gasteiger partial charge in [-0.25, -0.2) is 9.35 Å². The minimum atomic E-state index is -1.59. The van der Waals surface area contributed by atoms with Crippen LogP contribution in [0.1, 0.15) is 6.92 Å². The Hall–Kier alpha value is -0.390. The second-order valence-electron chi connectivity index (χ2n) is 1.94. The van der Waals surface area contributed by atoms with Crippen molar-refractivity contribution in [2.45, 2.75) is 18.5 Å². The average molecular weight is 194 g/mol. The topological polar surface area (TPSA) is 60.9 Å². The minimum absolute atomic E-state index is 0.244. The first kappa shape index (κ1) is 8.70. The van der Waals surface area contributed by atoms with Crippen molar-refractivity contribution in [3.05, 3.63) is 11.2 Å². The van der Waals surface area contributed by atoms with E-state index >= 15 is 0 Å². The summed E-state index contributed by atoms with van der Waals surface area (Å²) >= 11 is 5.66. The fraction of sp³-hybridized carbons (Fsp3) is 0.400. The zero-order valence-electron chi connectivity index (χ0n) is 5.95. The molecule has 0 aliphatic heterocycles. The van der Waals surface area contributed by atoms with Crippen molar-refractivity contribution in [3.63, 3.8) is 0 Å². The summed E-state index contributed by atoms with van der Waals surface area (Å²) in [6.45, 7) is 2.60. The second kappa shape index (κ2) is 3.34. The van der Waals surface area contributed by atoms with E-state index in [2.05, 4.69) is 5.10 Å². The molecule has 1 atom stereocenters. The van der Waals surface area contributed by atoms with Crippen molar-refractivity contribution >= 4 is 22.6 Å². The largest absolute Gasteiger partial charge is 0.270 e. The number of aromatic nitrogens is 2. The molecule has 0 aliphatic rings. The minimum Gasteiger partial charge on any atom is -0.270 e. The van der Waals surface area contributed by atoms with Crippen molar-refractivity contribution in [2.75, 3.05) is 0 Å². The zero-order valence-corrected chi connectivity index (χ0v) is 7.52. The molecule has 0 bridgehead atoms. The van der Waals surface area contributed by atoms with Gasteiger partial charge in [-0.05, 0) is 6.92 Å². The van der Waals surface area contributed by atoms with E-state index in [-0.39, 0.29) is 5.03 Å². The van der Waals surface area contributed by atoms with E-state index in [1.165, 1.54) is 0 Å². The third kappa shape index (κ3) is 1.79. The first-order valence-electron chi connectivity index (χ1n) is 3.04. The Balaban J connectivity index is 3.07. The van der Waals surface area contributed by atoms with Crippen LogP contribution in [-0.2, 0) is 17.5 Å². The van der Waals surface area contributed by atoms with Gasteiger partial charge in [-0.1, -0.05) is 11.6 Å². The van der Waals surface area contributed by atoms with E-state index < -0.39 is 11.0 Å². The molecule has 11 heavy (non-hydrogen) atoms. The van der Waals surface area contributed by atoms with Crippen molar-refractivity contribution in [1.29, 1.82) is 0 Å². The Morgan fingerprint density at radius 1 is 1.91 bits per heavy atom. The quantitative estimate of drug-likeness (QED) is 0.745. The van der Waals surface area contributed by atoms with E-state index in [4.69, 9.17) is 16.7 Å². The maximum Gasteiger partial charge on any atom is 0.182 e. The fourth-order valence-electron chi connectivity index (χ4n) is 0.678. The molecule has 0 fully saturated rings. The average Bonchev–Trinajstić information content (AvgIpc) is 2.30. The lowest BCUT2D eigenvalue weighted by Gasteiger charge is -1.90. The summed E-state index contributed by atoms with van der Waals surface area (Å²) in [7, 11) is -1.59. The summed E-state index contributed by atoms with van der Waals surface area (Å²) < 4.78 is 12.3. The lowest BCUT2D eigenvalue weighted by Crippen LogP contribution is -2.05. The number of nitrogens with zero attached hydrogens (tertiary/aromatic N) is 2. The summed E-state index contributed by atoms with van der Waals surface area (Å²) in [5.41, 5.74) is 0. The highest BCUT2D eigenvalue weighted by atomic mass is 35.5. The van der Waals surface area contributed by atoms with Crippen molar-refractivity contribution in [1.82, 2.24) is 9.78 Å². The number of hydrogen-bond donors (Lipinski definition) is 1. The van der Waals surface area contributed by atoms with Gasteiger partial charge < -0.3 is 0 Å². The van der Waals surface area contributed by atoms with Gasteiger partial charge in [0.25, 0.3) is 0 Å². The summed E-state index contributed by atoms with van der Waals surface area (Å²) in [5, 5.41) is 9.58. The Bertz CT molecular complexity index is 285. The Labute approximate surface area is 71.9 Å². The number of nitrogens with two attached hydrogens (primary N) is 1. The smallest absolute Gasteiger partial charge is 0.182 e. The number of rotatable bonds is 2. The van der Waals surface area contributed by atoms with Crippen LogP contribution in [0.25, 0.3) is 0 Å². The molecule has 1 unspecified atom stereocenters. The van der Waals surface area contributed by atoms with Gasteiger partial charge in [0, 0.05) is 12.7 Å². The molecule has 0 saturated carbocycles. The third-order valence-electron chi connectivity index (χ3n) is 1.20. The first-order valence-corrected chi connectivity index (χ1v) is 4.63. The van der Waals surface area contributed by atoms with Crippen LogP contribution in [0, 0.1) is 0 Å². The standard InChI is InChI=1S/C5H8ClN3OS/c1-2-9-3-4(6)5(8-9)11(7)10/h3H,2,7H2,1H3. The monoisotopic (exact) mass is 193 g/mol. The highest BCUT2D eigenvalue weighted by Gasteiger charge is 2.09. The normalized spacial score (nSPS) is 13.4. The summed E-state index contributed by atoms with van der Waals surface area (Å²) in [6, 6.07) is 0. The van der Waals surface area contributed by atoms with Crippen LogP contribution in [0.4, 0.5) is 0 Å². The molecule has 1 aromatic rings. The van der Waals surface area contributed by atoms with E-state index in [1.807, 2.05) is 6.92 Å². The SMILES string of the molecule is CCn1cc(Cl)c(S(N)=O)n1. The first-order chi connectivity index (χ1) is 5.15. The van der Waals surface area contributed by atoms with Crippen LogP contribution < -0.4 is 5.14 Å². The van der Waals surface area contributed by atoms with Crippen molar-refractivity contribution in [3.8, 4) is 0 Å². The zero-order chi connectivity index (χ0) is 8.43. The molecule has 0 aliphatic carbocycles. The summed E-state index contributed by atoms with van der Waals surface area (Å²) in [5.74, 6) is 0. The van der Waals surface area contributed by atoms with E-state index in [9.17, 15) is 4.21 Å². The van der Waals surface area contributed by atoms with Crippen LogP contribution in [0.5, 0.6) is 0 Å². The molecule has 1 aromatic heterocycles. The lowest BCUT2D eigenvalue weighted by atomic mass is 10.7. The van der Waals surface area contributed by atoms with Gasteiger partial charge >= 0.3 is 0 Å². The Morgan fingerprint density at radius 2 is 2.55 bits per heavy atom. The second-order valence-corrected chi connectivity index (χ2v) is 3.32. The van der Waals surface area contributed by atoms with Crippen LogP contribution in [-0.4, -0.2) is 14.0 Å². The number of halogens is 1. The molecule has 0 spiro atoms. The number of hydrogen-bond acceptors (Lipinski definition) is 2. The molecule has 0 saturated heterocycles. The number of aryl methyl sites for hydroxylation is 1. The highest BCUT2D eigenvalue weighted by molar-refractivity contribution is 7.82. The van der Waals surface area contributed by atoms with Gasteiger partial charge in [0.1, 0.15) is 11.0 Å². The van der Waals surface area contributed by atoms with Gasteiger partial charge in [0.2, 0.25) is 0 Å². The molecular weight excluding hydrogens is 186 g/mol. The van der Waals surface area contributed by atoms with Crippen molar-refractivity contribution < 1.29 is 4.21 Å². The Morgan fingerprint density at radius 3 is 2.82 bits per heavy atom. The summed E-state index contributed by atoms with van der Waals surface area (Å²) in [6.07, 6.45) is 1.60. The molecule has 2 N–H and O–H groups in total. The van der Waals surface area contributed by atoms with Crippen molar-refractivity contribution in [2.24, 2.45) is 5.14 Å². The summed E-state index contributed by atoms with van der Waals surface area (Å²) in [4.78, 5) is 0. The van der Waals surface area contributed by atoms with Gasteiger partial charge in [-0.2, -0.15) is 5.10 Å². The molecule has 0 aromatic carbocycles. The van der Waals surface area contributed by atoms with E-state index in [0.717, 1.165) is 0 Å². The highest BCUT2D eigenvalue weighted by Crippen LogP contribution is 2.15. The maximum absolute atomic E-state index is 10.7. The predicted octanol–water partition coefficient (Wildman–Crippen LogP) is 0.538. The van der Waals surface area contributed by atoms with Crippen LogP contribution in [0.15, 0.2) is 11.2 Å². The van der Waals surface area contributed by atoms with E-state index in [0.29, 0.717) is 11.6 Å². The predicted molar refractivity (Wildman–Crippen MR) is 43.5 cm³/mol. The molecule has 0 amide bonds. The molecule has 1 heterocycles. The Kier molecular flexibility index (Phi) is 2.64. The van der Waals surface area contributed by atoms with Crippen LogP contribution in [0.3, 0.4) is 0 Å².